The Labute approximate surface area is 75.2 Å². The molecule has 0 saturated carbocycles. The molecule has 13 heavy (non-hydrogen) atoms. The maximum atomic E-state index is 10.2. The van der Waals surface area contributed by atoms with Crippen LogP contribution in [0.25, 0.3) is 0 Å². The molecule has 0 amide bonds. The summed E-state index contributed by atoms with van der Waals surface area (Å²) < 4.78 is 5.10. The van der Waals surface area contributed by atoms with Crippen LogP contribution in [0, 0.1) is 0 Å². The lowest BCUT2D eigenvalue weighted by Gasteiger charge is -2.05. The lowest BCUT2D eigenvalue weighted by atomic mass is 10.4. The van der Waals surface area contributed by atoms with Crippen LogP contribution >= 0.6 is 0 Å². The van der Waals surface area contributed by atoms with E-state index in [1.54, 1.807) is 6.07 Å². The van der Waals surface area contributed by atoms with E-state index in [0.717, 1.165) is 0 Å². The van der Waals surface area contributed by atoms with Crippen molar-refractivity contribution in [3.63, 3.8) is 0 Å². The average Bonchev–Trinajstić information content (AvgIpc) is 2.08. The van der Waals surface area contributed by atoms with Crippen molar-refractivity contribution in [2.75, 3.05) is 12.3 Å². The summed E-state index contributed by atoms with van der Waals surface area (Å²) in [6.07, 6.45) is 2.95. The van der Waals surface area contributed by atoms with Gasteiger partial charge in [-0.2, -0.15) is 0 Å². The minimum Gasteiger partial charge on any atom is -0.491 e. The number of rotatable bonds is 4. The first kappa shape index (κ1) is 9.31. The first-order valence-corrected chi connectivity index (χ1v) is 3.74. The Morgan fingerprint density at radius 1 is 1.69 bits per heavy atom. The number of nitrogens with zero attached hydrogens (tertiary/aromatic N) is 1. The van der Waals surface area contributed by atoms with Crippen LogP contribution in [0.15, 0.2) is 18.5 Å². The van der Waals surface area contributed by atoms with E-state index >= 15 is 0 Å². The number of nitrogens with two attached hydrogens (primary N) is 1. The van der Waals surface area contributed by atoms with Crippen molar-refractivity contribution in [2.24, 2.45) is 0 Å². The van der Waals surface area contributed by atoms with Crippen molar-refractivity contribution in [3.05, 3.63) is 18.5 Å². The number of carbonyl (C=O) groups is 1. The molecule has 1 heterocycles. The monoisotopic (exact) mass is 182 g/mol. The normalized spacial score (nSPS) is 9.54. The molecule has 0 aliphatic carbocycles. The van der Waals surface area contributed by atoms with E-state index in [-0.39, 0.29) is 13.0 Å². The van der Waals surface area contributed by atoms with Gasteiger partial charge in [0.1, 0.15) is 5.75 Å². The Bertz CT molecular complexity index is 301. The van der Waals surface area contributed by atoms with E-state index in [1.165, 1.54) is 12.4 Å². The number of aromatic nitrogens is 1. The third-order valence-electron chi connectivity index (χ3n) is 1.38. The Kier molecular flexibility index (Phi) is 3.08. The van der Waals surface area contributed by atoms with E-state index in [1.807, 2.05) is 0 Å². The summed E-state index contributed by atoms with van der Waals surface area (Å²) in [4.78, 5) is 13.9. The number of pyridine rings is 1. The van der Waals surface area contributed by atoms with Crippen molar-refractivity contribution in [1.29, 1.82) is 0 Å². The smallest absolute Gasteiger partial charge is 0.306 e. The van der Waals surface area contributed by atoms with Crippen LogP contribution in [0.3, 0.4) is 0 Å². The third-order valence-corrected chi connectivity index (χ3v) is 1.38. The molecule has 0 bridgehead atoms. The van der Waals surface area contributed by atoms with Crippen molar-refractivity contribution < 1.29 is 14.6 Å². The summed E-state index contributed by atoms with van der Waals surface area (Å²) in [5, 5.41) is 8.34. The number of aliphatic carboxylic acids is 1. The van der Waals surface area contributed by atoms with E-state index < -0.39 is 5.97 Å². The van der Waals surface area contributed by atoms with Gasteiger partial charge in [0.15, 0.2) is 0 Å². The maximum absolute atomic E-state index is 10.2. The summed E-state index contributed by atoms with van der Waals surface area (Å²) in [6.45, 7) is 0.115. The lowest BCUT2D eigenvalue weighted by Crippen LogP contribution is -2.06. The molecular weight excluding hydrogens is 172 g/mol. The highest BCUT2D eigenvalue weighted by atomic mass is 16.5. The van der Waals surface area contributed by atoms with Crippen molar-refractivity contribution >= 4 is 11.7 Å². The molecule has 1 aromatic heterocycles. The molecule has 0 atom stereocenters. The summed E-state index contributed by atoms with van der Waals surface area (Å²) in [5.41, 5.74) is 5.91. The molecule has 0 spiro atoms. The number of hydrogen-bond donors (Lipinski definition) is 2. The van der Waals surface area contributed by atoms with Gasteiger partial charge in [-0.1, -0.05) is 0 Å². The van der Waals surface area contributed by atoms with Gasteiger partial charge in [-0.25, -0.2) is 0 Å². The number of anilines is 1. The van der Waals surface area contributed by atoms with E-state index in [9.17, 15) is 4.79 Å². The Morgan fingerprint density at radius 3 is 3.08 bits per heavy atom. The molecule has 0 unspecified atom stereocenters. The van der Waals surface area contributed by atoms with Gasteiger partial charge >= 0.3 is 5.97 Å². The average molecular weight is 182 g/mol. The van der Waals surface area contributed by atoms with E-state index in [2.05, 4.69) is 4.98 Å². The highest BCUT2D eigenvalue weighted by Crippen LogP contribution is 2.18. The Morgan fingerprint density at radius 2 is 2.46 bits per heavy atom. The quantitative estimate of drug-likeness (QED) is 0.708. The SMILES string of the molecule is Nc1cnccc1OCCC(=O)O. The summed E-state index contributed by atoms with van der Waals surface area (Å²) >= 11 is 0. The van der Waals surface area contributed by atoms with Crippen LogP contribution in [0.4, 0.5) is 5.69 Å². The standard InChI is InChI=1S/C8H10N2O3/c9-6-5-10-3-1-7(6)13-4-2-8(11)12/h1,3,5H,2,4,9H2,(H,11,12). The minimum absolute atomic E-state index is 0.0399. The molecule has 0 fully saturated rings. The van der Waals surface area contributed by atoms with Gasteiger partial charge < -0.3 is 15.6 Å². The van der Waals surface area contributed by atoms with Gasteiger partial charge in [-0.15, -0.1) is 0 Å². The van der Waals surface area contributed by atoms with Crippen molar-refractivity contribution in [2.45, 2.75) is 6.42 Å². The molecule has 1 rings (SSSR count). The lowest BCUT2D eigenvalue weighted by molar-refractivity contribution is -0.137. The Hall–Kier alpha value is -1.78. The zero-order chi connectivity index (χ0) is 9.68. The van der Waals surface area contributed by atoms with Gasteiger partial charge in [0.05, 0.1) is 24.9 Å². The van der Waals surface area contributed by atoms with Crippen LogP contribution in [0.2, 0.25) is 0 Å². The van der Waals surface area contributed by atoms with Crippen LogP contribution in [-0.2, 0) is 4.79 Å². The number of ether oxygens (including phenoxy) is 1. The molecule has 70 valence electrons. The molecule has 3 N–H and O–H groups in total. The van der Waals surface area contributed by atoms with Crippen LogP contribution < -0.4 is 10.5 Å². The van der Waals surface area contributed by atoms with Gasteiger partial charge in [0, 0.05) is 12.3 Å². The zero-order valence-electron chi connectivity index (χ0n) is 6.93. The van der Waals surface area contributed by atoms with Crippen molar-refractivity contribution in [3.8, 4) is 5.75 Å². The first-order chi connectivity index (χ1) is 6.20. The number of nitrogen functional groups attached to an aromatic ring is 1. The second-order valence-electron chi connectivity index (χ2n) is 2.41. The van der Waals surface area contributed by atoms with Crippen molar-refractivity contribution in [1.82, 2.24) is 4.98 Å². The van der Waals surface area contributed by atoms with Crippen LogP contribution in [-0.4, -0.2) is 22.7 Å². The highest BCUT2D eigenvalue weighted by Gasteiger charge is 2.00. The third kappa shape index (κ3) is 2.98. The number of hydrogen-bond acceptors (Lipinski definition) is 4. The largest absolute Gasteiger partial charge is 0.491 e. The molecule has 0 radical (unpaired) electrons. The summed E-state index contributed by atoms with van der Waals surface area (Å²) in [7, 11) is 0. The summed E-state index contributed by atoms with van der Waals surface area (Å²) in [6, 6.07) is 1.59. The van der Waals surface area contributed by atoms with Crippen LogP contribution in [0.1, 0.15) is 6.42 Å². The number of carboxylic acid groups (broad SMARTS) is 1. The molecule has 0 saturated heterocycles. The molecule has 5 heteroatoms. The predicted octanol–water partition coefficient (Wildman–Crippen LogP) is 0.517. The molecule has 1 aromatic rings. The second kappa shape index (κ2) is 4.30. The summed E-state index contributed by atoms with van der Waals surface area (Å²) in [5.74, 6) is -0.427. The minimum atomic E-state index is -0.896. The predicted molar refractivity (Wildman–Crippen MR) is 46.4 cm³/mol. The maximum Gasteiger partial charge on any atom is 0.306 e. The topological polar surface area (TPSA) is 85.4 Å². The van der Waals surface area contributed by atoms with Gasteiger partial charge in [0.25, 0.3) is 0 Å². The van der Waals surface area contributed by atoms with Gasteiger partial charge in [0.2, 0.25) is 0 Å². The van der Waals surface area contributed by atoms with Crippen LogP contribution in [0.5, 0.6) is 5.75 Å². The molecule has 0 aliphatic rings. The van der Waals surface area contributed by atoms with E-state index in [4.69, 9.17) is 15.6 Å². The Balaban J connectivity index is 2.45. The zero-order valence-corrected chi connectivity index (χ0v) is 6.93. The molecule has 0 aromatic carbocycles. The molecular formula is C8H10N2O3. The first-order valence-electron chi connectivity index (χ1n) is 3.74. The van der Waals surface area contributed by atoms with E-state index in [0.29, 0.717) is 11.4 Å². The fraction of sp³-hybridized carbons (Fsp3) is 0.250. The molecule has 5 nitrogen and oxygen atoms in total. The van der Waals surface area contributed by atoms with Gasteiger partial charge in [-0.05, 0) is 0 Å². The highest BCUT2D eigenvalue weighted by molar-refractivity contribution is 5.66. The molecule has 0 aliphatic heterocycles. The fourth-order valence-electron chi connectivity index (χ4n) is 0.774. The number of carboxylic acids is 1. The van der Waals surface area contributed by atoms with Gasteiger partial charge in [-0.3, -0.25) is 9.78 Å². The fourth-order valence-corrected chi connectivity index (χ4v) is 0.774. The second-order valence-corrected chi connectivity index (χ2v) is 2.41.